The van der Waals surface area contributed by atoms with Crippen LogP contribution < -0.4 is 0 Å². The van der Waals surface area contributed by atoms with Crippen molar-refractivity contribution in [3.63, 3.8) is 0 Å². The van der Waals surface area contributed by atoms with E-state index in [1.807, 2.05) is 0 Å². The molecule has 0 aromatic heterocycles. The van der Waals surface area contributed by atoms with Crippen LogP contribution in [0.5, 0.6) is 0 Å². The normalized spacial score (nSPS) is 14.3. The minimum Gasteiger partial charge on any atom is -0.481 e. The number of hydrogen-bond acceptors (Lipinski definition) is 6. The van der Waals surface area contributed by atoms with Gasteiger partial charge in [-0.2, -0.15) is 0 Å². The highest BCUT2D eigenvalue weighted by Gasteiger charge is 2.23. The van der Waals surface area contributed by atoms with E-state index in [0.717, 1.165) is 0 Å². The maximum Gasteiger partial charge on any atom is 0.474 e. The fraction of sp³-hybridized carbons (Fsp3) is 0.636. The minimum absolute atomic E-state index is 0.132. The molecule has 0 aliphatic carbocycles. The lowest BCUT2D eigenvalue weighted by molar-refractivity contribution is -0.139. The van der Waals surface area contributed by atoms with Gasteiger partial charge in [-0.1, -0.05) is 6.58 Å². The highest BCUT2D eigenvalue weighted by molar-refractivity contribution is 7.47. The van der Waals surface area contributed by atoms with Crippen molar-refractivity contribution in [1.29, 1.82) is 0 Å². The monoisotopic (exact) mass is 328 g/mol. The molecule has 0 amide bonds. The van der Waals surface area contributed by atoms with Crippen LogP contribution in [0.3, 0.4) is 0 Å². The Bertz CT molecular complexity index is 393. The third kappa shape index (κ3) is 15.0. The molecule has 0 aromatic carbocycles. The van der Waals surface area contributed by atoms with Gasteiger partial charge in [-0.25, -0.2) is 9.36 Å². The molecule has 0 aliphatic heterocycles. The second kappa shape index (κ2) is 11.4. The smallest absolute Gasteiger partial charge is 0.474 e. The number of carbonyl (C=O) groups is 2. The quantitative estimate of drug-likeness (QED) is 0.327. The summed E-state index contributed by atoms with van der Waals surface area (Å²) in [5.41, 5.74) is -0.303. The van der Waals surface area contributed by atoms with Crippen LogP contribution in [0, 0.1) is 0 Å². The molecule has 0 radical (unpaired) electrons. The van der Waals surface area contributed by atoms with Gasteiger partial charge in [0.2, 0.25) is 0 Å². The van der Waals surface area contributed by atoms with E-state index in [1.165, 1.54) is 6.92 Å². The lowest BCUT2D eigenvalue weighted by atomic mass is 10.2. The number of rotatable bonds is 9. The fourth-order valence-electron chi connectivity index (χ4n) is 0.904. The molecule has 21 heavy (non-hydrogen) atoms. The molecule has 0 fully saturated rings. The van der Waals surface area contributed by atoms with Crippen LogP contribution in [-0.4, -0.2) is 46.5 Å². The molecule has 0 spiro atoms. The van der Waals surface area contributed by atoms with E-state index in [9.17, 15) is 14.2 Å². The van der Waals surface area contributed by atoms with E-state index in [2.05, 4.69) is 15.6 Å². The number of phosphoric acid groups is 1. The topological polar surface area (TPSA) is 140 Å². The largest absolute Gasteiger partial charge is 0.481 e. The Kier molecular flexibility index (Phi) is 12.0. The second-order valence-corrected chi connectivity index (χ2v) is 4.90. The van der Waals surface area contributed by atoms with E-state index >= 15 is 0 Å². The number of carboxylic acids is 2. The van der Waals surface area contributed by atoms with Gasteiger partial charge in [-0.3, -0.25) is 13.8 Å². The Labute approximate surface area is 122 Å². The van der Waals surface area contributed by atoms with Gasteiger partial charge in [0.1, 0.15) is 0 Å². The summed E-state index contributed by atoms with van der Waals surface area (Å²) in [5.74, 6) is -2.44. The van der Waals surface area contributed by atoms with Gasteiger partial charge in [0, 0.05) is 12.2 Å². The first kappa shape index (κ1) is 22.0. The summed E-state index contributed by atoms with van der Waals surface area (Å²) in [6.07, 6.45) is -1.23. The van der Waals surface area contributed by atoms with Gasteiger partial charge >= 0.3 is 19.8 Å². The van der Waals surface area contributed by atoms with E-state index < -0.39 is 32.5 Å². The number of phosphoric ester groups is 1. The number of aliphatic carboxylic acids is 2. The van der Waals surface area contributed by atoms with Crippen LogP contribution in [-0.2, 0) is 27.9 Å². The molecular weight excluding hydrogens is 307 g/mol. The molecule has 10 heteroatoms. The zero-order valence-electron chi connectivity index (χ0n) is 12.1. The Morgan fingerprint density at radius 2 is 1.76 bits per heavy atom. The number of carboxylic acid groups (broad SMARTS) is 2. The number of hydrogen-bond donors (Lipinski definition) is 3. The summed E-state index contributed by atoms with van der Waals surface area (Å²) < 4.78 is 24.9. The predicted octanol–water partition coefficient (Wildman–Crippen LogP) is 1.62. The average molecular weight is 328 g/mol. The van der Waals surface area contributed by atoms with Gasteiger partial charge in [0.15, 0.2) is 6.29 Å². The van der Waals surface area contributed by atoms with E-state index in [0.29, 0.717) is 6.61 Å². The third-order valence-corrected chi connectivity index (χ3v) is 2.79. The Morgan fingerprint density at radius 3 is 2.05 bits per heavy atom. The van der Waals surface area contributed by atoms with Crippen molar-refractivity contribution in [2.24, 2.45) is 0 Å². The summed E-state index contributed by atoms with van der Waals surface area (Å²) in [4.78, 5) is 28.6. The van der Waals surface area contributed by atoms with Crippen molar-refractivity contribution in [1.82, 2.24) is 0 Å². The fourth-order valence-corrected chi connectivity index (χ4v) is 1.73. The Morgan fingerprint density at radius 1 is 1.24 bits per heavy atom. The average Bonchev–Trinajstić information content (AvgIpc) is 2.27. The van der Waals surface area contributed by atoms with Crippen LogP contribution in [0.2, 0.25) is 0 Å². The molecule has 0 aliphatic rings. The van der Waals surface area contributed by atoms with E-state index in [1.54, 1.807) is 13.8 Å². The third-order valence-electron chi connectivity index (χ3n) is 1.64. The van der Waals surface area contributed by atoms with Crippen molar-refractivity contribution < 1.29 is 43.0 Å². The summed E-state index contributed by atoms with van der Waals surface area (Å²) in [6.45, 7) is 8.48. The van der Waals surface area contributed by atoms with Crippen molar-refractivity contribution in [3.8, 4) is 0 Å². The van der Waals surface area contributed by atoms with Crippen LogP contribution in [0.25, 0.3) is 0 Å². The van der Waals surface area contributed by atoms with Gasteiger partial charge in [0.25, 0.3) is 0 Å². The van der Waals surface area contributed by atoms with Crippen molar-refractivity contribution in [2.75, 3.05) is 13.2 Å². The molecule has 2 atom stereocenters. The van der Waals surface area contributed by atoms with Gasteiger partial charge in [-0.05, 0) is 20.8 Å². The van der Waals surface area contributed by atoms with Gasteiger partial charge in [0.05, 0.1) is 13.0 Å². The Hall–Kier alpha value is -1.25. The molecule has 0 rings (SSSR count). The Balaban J connectivity index is 0. The molecular formula is C11H21O9P. The maximum absolute atomic E-state index is 10.9. The molecule has 0 aromatic rings. The molecule has 0 saturated heterocycles. The molecule has 9 nitrogen and oxygen atoms in total. The van der Waals surface area contributed by atoms with E-state index in [-0.39, 0.29) is 12.2 Å². The first-order valence-corrected chi connectivity index (χ1v) is 7.45. The van der Waals surface area contributed by atoms with Crippen molar-refractivity contribution in [2.45, 2.75) is 33.5 Å². The van der Waals surface area contributed by atoms with Gasteiger partial charge < -0.3 is 19.8 Å². The van der Waals surface area contributed by atoms with Crippen LogP contribution >= 0.6 is 7.82 Å². The number of ether oxygens (including phenoxy) is 1. The molecule has 0 saturated carbocycles. The SMILES string of the molecule is C=C(CC(=O)O)C(=O)O.CCOC(C)OP(=O)(O)OCC. The first-order valence-electron chi connectivity index (χ1n) is 5.95. The molecule has 0 bridgehead atoms. The summed E-state index contributed by atoms with van der Waals surface area (Å²) in [5, 5.41) is 16.1. The van der Waals surface area contributed by atoms with Gasteiger partial charge in [-0.15, -0.1) is 0 Å². The summed E-state index contributed by atoms with van der Waals surface area (Å²) in [6, 6.07) is 0. The maximum atomic E-state index is 10.9. The summed E-state index contributed by atoms with van der Waals surface area (Å²) >= 11 is 0. The highest BCUT2D eigenvalue weighted by Crippen LogP contribution is 2.44. The first-order chi connectivity index (χ1) is 9.55. The van der Waals surface area contributed by atoms with Crippen molar-refractivity contribution in [3.05, 3.63) is 12.2 Å². The van der Waals surface area contributed by atoms with Crippen LogP contribution in [0.1, 0.15) is 27.2 Å². The molecule has 3 N–H and O–H groups in total. The summed E-state index contributed by atoms with van der Waals surface area (Å²) in [7, 11) is -3.90. The minimum atomic E-state index is -3.90. The lowest BCUT2D eigenvalue weighted by Crippen LogP contribution is -2.11. The van der Waals surface area contributed by atoms with Crippen LogP contribution in [0.15, 0.2) is 12.2 Å². The second-order valence-electron chi connectivity index (χ2n) is 3.49. The molecule has 0 heterocycles. The van der Waals surface area contributed by atoms with Crippen LogP contribution in [0.4, 0.5) is 0 Å². The molecule has 124 valence electrons. The zero-order valence-corrected chi connectivity index (χ0v) is 13.0. The highest BCUT2D eigenvalue weighted by atomic mass is 31.2. The zero-order chi connectivity index (χ0) is 17.1. The standard InChI is InChI=1S/C6H15O5P.C5H6O4/c1-4-9-6(3)11-12(7,8)10-5-2;1-3(5(8)9)2-4(6)7/h6H,4-5H2,1-3H3,(H,7,8);1-2H2,(H,6,7)(H,8,9). The van der Waals surface area contributed by atoms with Crippen molar-refractivity contribution >= 4 is 19.8 Å². The predicted molar refractivity (Wildman–Crippen MR) is 72.7 cm³/mol. The van der Waals surface area contributed by atoms with E-state index in [4.69, 9.17) is 19.8 Å². The molecule has 2 unspecified atom stereocenters. The lowest BCUT2D eigenvalue weighted by Gasteiger charge is -2.16.